The van der Waals surface area contributed by atoms with Crippen molar-refractivity contribution in [2.75, 3.05) is 44.2 Å². The molecule has 0 bridgehead atoms. The Morgan fingerprint density at radius 3 is 2.41 bits per heavy atom. The van der Waals surface area contributed by atoms with Crippen LogP contribution in [-0.4, -0.2) is 45.8 Å². The van der Waals surface area contributed by atoms with Crippen LogP contribution in [0.2, 0.25) is 0 Å². The van der Waals surface area contributed by atoms with E-state index >= 15 is 0 Å². The first-order valence-electron chi connectivity index (χ1n) is 10.8. The van der Waals surface area contributed by atoms with Crippen molar-refractivity contribution in [3.8, 4) is 23.0 Å². The minimum Gasteiger partial charge on any atom is -0.496 e. The molecule has 0 radical (unpaired) electrons. The number of benzene rings is 3. The third kappa shape index (κ3) is 4.91. The molecule has 8 nitrogen and oxygen atoms in total. The van der Waals surface area contributed by atoms with Gasteiger partial charge in [-0.15, -0.1) is 0 Å². The summed E-state index contributed by atoms with van der Waals surface area (Å²) in [6, 6.07) is 18.0. The summed E-state index contributed by atoms with van der Waals surface area (Å²) in [5.41, 5.74) is 2.58. The van der Waals surface area contributed by atoms with Crippen LogP contribution in [-0.2, 0) is 4.79 Å². The van der Waals surface area contributed by atoms with E-state index in [-0.39, 0.29) is 24.0 Å². The number of ether oxygens (including phenoxy) is 4. The van der Waals surface area contributed by atoms with Gasteiger partial charge in [-0.25, -0.2) is 0 Å². The zero-order valence-electron chi connectivity index (χ0n) is 19.3. The first-order chi connectivity index (χ1) is 16.5. The highest BCUT2D eigenvalue weighted by Crippen LogP contribution is 2.35. The van der Waals surface area contributed by atoms with Gasteiger partial charge in [-0.2, -0.15) is 0 Å². The lowest BCUT2D eigenvalue weighted by molar-refractivity contribution is -0.121. The Morgan fingerprint density at radius 1 is 1.03 bits per heavy atom. The van der Waals surface area contributed by atoms with Crippen LogP contribution in [0.1, 0.15) is 15.9 Å². The molecule has 4 rings (SSSR count). The van der Waals surface area contributed by atoms with Crippen LogP contribution in [0.4, 0.5) is 11.4 Å². The van der Waals surface area contributed by atoms with E-state index in [1.807, 2.05) is 31.2 Å². The summed E-state index contributed by atoms with van der Waals surface area (Å²) in [5, 5.41) is 2.85. The average Bonchev–Trinajstić information content (AvgIpc) is 2.85. The molecule has 0 spiro atoms. The Kier molecular flexibility index (Phi) is 6.87. The topological polar surface area (TPSA) is 86.3 Å². The second-order valence-corrected chi connectivity index (χ2v) is 7.67. The first kappa shape index (κ1) is 23.0. The quantitative estimate of drug-likeness (QED) is 0.543. The van der Waals surface area contributed by atoms with Crippen molar-refractivity contribution < 1.29 is 28.5 Å². The lowest BCUT2D eigenvalue weighted by Gasteiger charge is -2.29. The summed E-state index contributed by atoms with van der Waals surface area (Å²) >= 11 is 0. The van der Waals surface area contributed by atoms with Crippen molar-refractivity contribution >= 4 is 23.2 Å². The highest BCUT2D eigenvalue weighted by atomic mass is 16.5. The van der Waals surface area contributed by atoms with Gasteiger partial charge in [0.15, 0.2) is 6.61 Å². The Hall–Kier alpha value is -4.20. The number of nitrogens with one attached hydrogen (secondary N) is 1. The van der Waals surface area contributed by atoms with Gasteiger partial charge < -0.3 is 29.2 Å². The van der Waals surface area contributed by atoms with Crippen molar-refractivity contribution in [1.29, 1.82) is 0 Å². The Labute approximate surface area is 198 Å². The summed E-state index contributed by atoms with van der Waals surface area (Å²) in [6.07, 6.45) is 0. The minimum atomic E-state index is -0.385. The molecule has 1 N–H and O–H groups in total. The number of carbonyl (C=O) groups is 2. The van der Waals surface area contributed by atoms with E-state index in [9.17, 15) is 9.59 Å². The molecule has 1 aliphatic heterocycles. The van der Waals surface area contributed by atoms with Gasteiger partial charge in [0.25, 0.3) is 11.8 Å². The molecule has 3 aromatic rings. The predicted molar refractivity (Wildman–Crippen MR) is 128 cm³/mol. The molecule has 3 aromatic carbocycles. The maximum absolute atomic E-state index is 13.0. The van der Waals surface area contributed by atoms with Gasteiger partial charge in [0, 0.05) is 11.8 Å². The zero-order chi connectivity index (χ0) is 24.1. The molecule has 0 fully saturated rings. The highest BCUT2D eigenvalue weighted by Gasteiger charge is 2.26. The van der Waals surface area contributed by atoms with Gasteiger partial charge in [-0.3, -0.25) is 9.59 Å². The van der Waals surface area contributed by atoms with Crippen LogP contribution in [0.5, 0.6) is 23.0 Å². The molecule has 1 aliphatic rings. The fraction of sp³-hybridized carbons (Fsp3) is 0.231. The van der Waals surface area contributed by atoms with Gasteiger partial charge in [-0.05, 0) is 43.3 Å². The van der Waals surface area contributed by atoms with Gasteiger partial charge in [-0.1, -0.05) is 23.8 Å². The van der Waals surface area contributed by atoms with Crippen molar-refractivity contribution in [2.24, 2.45) is 0 Å². The first-order valence-corrected chi connectivity index (χ1v) is 10.8. The van der Waals surface area contributed by atoms with Crippen LogP contribution in [0.15, 0.2) is 60.7 Å². The number of hydrogen-bond acceptors (Lipinski definition) is 6. The van der Waals surface area contributed by atoms with Crippen molar-refractivity contribution in [3.63, 3.8) is 0 Å². The summed E-state index contributed by atoms with van der Waals surface area (Å²) in [7, 11) is 2.98. The van der Waals surface area contributed by atoms with E-state index in [1.165, 1.54) is 14.2 Å². The molecule has 0 saturated heterocycles. The third-order valence-corrected chi connectivity index (χ3v) is 5.42. The molecule has 176 valence electrons. The van der Waals surface area contributed by atoms with E-state index in [1.54, 1.807) is 41.3 Å². The van der Waals surface area contributed by atoms with Crippen LogP contribution < -0.4 is 29.2 Å². The highest BCUT2D eigenvalue weighted by molar-refractivity contribution is 6.08. The Bertz CT molecular complexity index is 1170. The van der Waals surface area contributed by atoms with Crippen molar-refractivity contribution in [1.82, 2.24) is 0 Å². The average molecular weight is 463 g/mol. The summed E-state index contributed by atoms with van der Waals surface area (Å²) < 4.78 is 22.0. The van der Waals surface area contributed by atoms with Crippen molar-refractivity contribution in [3.05, 3.63) is 71.8 Å². The lowest BCUT2D eigenvalue weighted by Crippen LogP contribution is -2.41. The predicted octanol–water partition coefficient (Wildman–Crippen LogP) is 4.07. The van der Waals surface area contributed by atoms with Crippen LogP contribution >= 0.6 is 0 Å². The molecule has 0 saturated carbocycles. The van der Waals surface area contributed by atoms with E-state index in [2.05, 4.69) is 5.32 Å². The van der Waals surface area contributed by atoms with Gasteiger partial charge in [0.1, 0.15) is 35.2 Å². The number of methoxy groups -OCH3 is 2. The van der Waals surface area contributed by atoms with Crippen LogP contribution in [0.25, 0.3) is 0 Å². The SMILES string of the molecule is COc1cccc(OC)c1C(=O)Nc1ccc2c(c1)OCC(=O)N2CCOc1ccc(C)cc1. The van der Waals surface area contributed by atoms with Crippen LogP contribution in [0.3, 0.4) is 0 Å². The smallest absolute Gasteiger partial charge is 0.265 e. The molecule has 0 aliphatic carbocycles. The monoisotopic (exact) mass is 462 g/mol. The molecular weight excluding hydrogens is 436 g/mol. The zero-order valence-corrected chi connectivity index (χ0v) is 19.3. The Balaban J connectivity index is 1.48. The molecule has 2 amide bonds. The number of nitrogens with zero attached hydrogens (tertiary/aromatic N) is 1. The van der Waals surface area contributed by atoms with Gasteiger partial charge in [0.05, 0.1) is 26.5 Å². The molecule has 0 atom stereocenters. The summed E-state index contributed by atoms with van der Waals surface area (Å²) in [5.74, 6) is 1.50. The summed E-state index contributed by atoms with van der Waals surface area (Å²) in [4.78, 5) is 27.1. The van der Waals surface area contributed by atoms with Gasteiger partial charge in [0.2, 0.25) is 0 Å². The number of carbonyl (C=O) groups excluding carboxylic acids is 2. The fourth-order valence-corrected chi connectivity index (χ4v) is 3.69. The third-order valence-electron chi connectivity index (χ3n) is 5.42. The summed E-state index contributed by atoms with van der Waals surface area (Å²) in [6.45, 7) is 2.62. The second-order valence-electron chi connectivity index (χ2n) is 7.67. The number of fused-ring (bicyclic) bond motifs is 1. The molecule has 8 heteroatoms. The van der Waals surface area contributed by atoms with Crippen molar-refractivity contribution in [2.45, 2.75) is 6.92 Å². The molecule has 0 aromatic heterocycles. The Morgan fingerprint density at radius 2 is 1.74 bits per heavy atom. The largest absolute Gasteiger partial charge is 0.496 e. The number of aryl methyl sites for hydroxylation is 1. The minimum absolute atomic E-state index is 0.0880. The molecule has 34 heavy (non-hydrogen) atoms. The number of anilines is 2. The number of rotatable bonds is 8. The standard InChI is InChI=1S/C26H26N2O6/c1-17-7-10-19(11-8-17)33-14-13-28-20-12-9-18(15-23(20)34-16-24(28)29)27-26(30)25-21(31-2)5-4-6-22(25)32-3/h4-12,15H,13-14,16H2,1-3H3,(H,27,30). The van der Waals surface area contributed by atoms with E-state index in [4.69, 9.17) is 18.9 Å². The molecule has 0 unspecified atom stereocenters. The number of amides is 2. The fourth-order valence-electron chi connectivity index (χ4n) is 3.69. The molecule has 1 heterocycles. The maximum atomic E-state index is 13.0. The second kappa shape index (κ2) is 10.2. The van der Waals surface area contributed by atoms with Crippen LogP contribution in [0, 0.1) is 6.92 Å². The maximum Gasteiger partial charge on any atom is 0.265 e. The number of hydrogen-bond donors (Lipinski definition) is 1. The van der Waals surface area contributed by atoms with Gasteiger partial charge >= 0.3 is 0 Å². The van der Waals surface area contributed by atoms with E-state index in [0.29, 0.717) is 41.8 Å². The molecular formula is C26H26N2O6. The van der Waals surface area contributed by atoms with E-state index < -0.39 is 0 Å². The normalized spacial score (nSPS) is 12.4. The van der Waals surface area contributed by atoms with E-state index in [0.717, 1.165) is 11.3 Å². The lowest BCUT2D eigenvalue weighted by atomic mass is 10.1.